The highest BCUT2D eigenvalue weighted by Gasteiger charge is 2.20. The fourth-order valence-corrected chi connectivity index (χ4v) is 4.67. The van der Waals surface area contributed by atoms with Crippen molar-refractivity contribution < 1.29 is 22.0 Å². The number of halogens is 3. The maximum Gasteiger partial charge on any atom is 0.194 e. The van der Waals surface area contributed by atoms with Gasteiger partial charge >= 0.3 is 0 Å². The molecule has 0 heterocycles. The first-order valence-electron chi connectivity index (χ1n) is 7.92. The molecule has 1 atom stereocenters. The Morgan fingerprint density at radius 3 is 2.36 bits per heavy atom. The number of anilines is 1. The number of hydrogen-bond donors (Lipinski definition) is 0. The number of ketones is 1. The van der Waals surface area contributed by atoms with Crippen molar-refractivity contribution in [2.24, 2.45) is 0 Å². The van der Waals surface area contributed by atoms with E-state index < -0.39 is 21.1 Å². The first-order valence-corrected chi connectivity index (χ1v) is 12.3. The summed E-state index contributed by atoms with van der Waals surface area (Å²) in [5, 5.41) is 0.484. The molecule has 152 valence electrons. The zero-order valence-electron chi connectivity index (χ0n) is 14.5. The second-order valence-electron chi connectivity index (χ2n) is 5.68. The van der Waals surface area contributed by atoms with Gasteiger partial charge in [0.15, 0.2) is 15.6 Å². The predicted molar refractivity (Wildman–Crippen MR) is 115 cm³/mol. The molecule has 0 aromatic heterocycles. The van der Waals surface area contributed by atoms with Crippen LogP contribution in [0.5, 0.6) is 0 Å². The monoisotopic (exact) mass is 526 g/mol. The van der Waals surface area contributed by atoms with E-state index in [0.29, 0.717) is 15.1 Å². The third-order valence-electron chi connectivity index (χ3n) is 3.88. The van der Waals surface area contributed by atoms with Gasteiger partial charge in [0.2, 0.25) is 0 Å². The summed E-state index contributed by atoms with van der Waals surface area (Å²) in [6.07, 6.45) is 0. The van der Waals surface area contributed by atoms with Crippen molar-refractivity contribution in [3.05, 3.63) is 62.0 Å². The predicted octanol–water partition coefficient (Wildman–Crippen LogP) is 4.02. The largest absolute Gasteiger partial charge is 0.755 e. The highest BCUT2D eigenvalue weighted by molar-refractivity contribution is 9.10. The van der Waals surface area contributed by atoms with Crippen LogP contribution in [-0.2, 0) is 21.1 Å². The first-order chi connectivity index (χ1) is 13.1. The van der Waals surface area contributed by atoms with Crippen LogP contribution in [0.25, 0.3) is 0 Å². The molecule has 1 unspecified atom stereocenters. The minimum atomic E-state index is -3.37. The van der Waals surface area contributed by atoms with Crippen LogP contribution >= 0.6 is 39.1 Å². The van der Waals surface area contributed by atoms with E-state index >= 15 is 0 Å². The maximum absolute atomic E-state index is 12.7. The van der Waals surface area contributed by atoms with E-state index in [0.717, 1.165) is 4.31 Å². The van der Waals surface area contributed by atoms with Crippen LogP contribution in [0.3, 0.4) is 0 Å². The highest BCUT2D eigenvalue weighted by Crippen LogP contribution is 2.34. The summed E-state index contributed by atoms with van der Waals surface area (Å²) in [6, 6.07) is 9.00. The quantitative estimate of drug-likeness (QED) is 0.381. The number of carbonyl (C=O) groups is 1. The van der Waals surface area contributed by atoms with E-state index in [4.69, 9.17) is 23.2 Å². The lowest BCUT2D eigenvalue weighted by atomic mass is 10.0. The number of sulfone groups is 1. The summed E-state index contributed by atoms with van der Waals surface area (Å²) in [4.78, 5) is 12.7. The van der Waals surface area contributed by atoms with E-state index in [1.807, 2.05) is 0 Å². The zero-order chi connectivity index (χ0) is 21.1. The molecule has 11 heteroatoms. The van der Waals surface area contributed by atoms with Gasteiger partial charge in [-0.25, -0.2) is 8.42 Å². The lowest BCUT2D eigenvalue weighted by Crippen LogP contribution is -2.31. The summed E-state index contributed by atoms with van der Waals surface area (Å²) in [6.45, 7) is 1.19. The van der Waals surface area contributed by atoms with Crippen LogP contribution in [0.2, 0.25) is 10.0 Å². The Balaban J connectivity index is 2.39. The Morgan fingerprint density at radius 2 is 1.82 bits per heavy atom. The standard InChI is InChI=1S/C17H16BrCl2NO5S2/c1-2-28(25,26)8-7-21(27(23)24)16-10-14(18)13(9-15(16)20)17(22)11-3-5-12(19)6-4-11/h3-6,9-10H,2,7-8H2,1H3,(H,23,24)/p-1. The van der Waals surface area contributed by atoms with E-state index in [9.17, 15) is 22.0 Å². The van der Waals surface area contributed by atoms with Gasteiger partial charge in [0.1, 0.15) is 0 Å². The molecule has 0 bridgehead atoms. The molecule has 0 fully saturated rings. The average Bonchev–Trinajstić information content (AvgIpc) is 2.64. The topological polar surface area (TPSA) is 94.6 Å². The van der Waals surface area contributed by atoms with Crippen molar-refractivity contribution in [1.82, 2.24) is 0 Å². The van der Waals surface area contributed by atoms with Gasteiger partial charge in [-0.05, 0) is 52.3 Å². The molecule has 2 aromatic carbocycles. The smallest absolute Gasteiger partial charge is 0.194 e. The summed E-state index contributed by atoms with van der Waals surface area (Å²) in [5.41, 5.74) is 0.682. The maximum atomic E-state index is 12.7. The Labute approximate surface area is 184 Å². The fraction of sp³-hybridized carbons (Fsp3) is 0.235. The van der Waals surface area contributed by atoms with Gasteiger partial charge in [0.25, 0.3) is 0 Å². The molecule has 6 nitrogen and oxygen atoms in total. The van der Waals surface area contributed by atoms with Crippen LogP contribution < -0.4 is 4.31 Å². The molecule has 0 aliphatic rings. The van der Waals surface area contributed by atoms with Gasteiger partial charge in [-0.3, -0.25) is 9.00 Å². The molecular weight excluding hydrogens is 513 g/mol. The average molecular weight is 528 g/mol. The van der Waals surface area contributed by atoms with Crippen molar-refractivity contribution in [3.63, 3.8) is 0 Å². The van der Waals surface area contributed by atoms with Crippen LogP contribution in [-0.4, -0.2) is 41.0 Å². The minimum absolute atomic E-state index is 0.00129. The molecule has 0 saturated heterocycles. The molecule has 0 radical (unpaired) electrons. The molecule has 0 amide bonds. The molecule has 2 rings (SSSR count). The van der Waals surface area contributed by atoms with E-state index in [1.54, 1.807) is 24.3 Å². The van der Waals surface area contributed by atoms with Gasteiger partial charge in [-0.2, -0.15) is 0 Å². The summed E-state index contributed by atoms with van der Waals surface area (Å²) < 4.78 is 47.8. The normalized spacial score (nSPS) is 12.6. The number of carbonyl (C=O) groups excluding carboxylic acids is 1. The van der Waals surface area contributed by atoms with Gasteiger partial charge in [-0.15, -0.1) is 0 Å². The molecule has 28 heavy (non-hydrogen) atoms. The number of nitrogens with zero attached hydrogens (tertiary/aromatic N) is 1. The van der Waals surface area contributed by atoms with Crippen LogP contribution in [0.4, 0.5) is 5.69 Å². The molecule has 0 N–H and O–H groups in total. The summed E-state index contributed by atoms with van der Waals surface area (Å²) in [5.74, 6) is -0.782. The second-order valence-corrected chi connectivity index (χ2v) is 10.7. The number of benzene rings is 2. The Hall–Kier alpha value is -0.970. The Bertz CT molecular complexity index is 1010. The van der Waals surface area contributed by atoms with E-state index in [1.165, 1.54) is 19.1 Å². The molecular formula is C17H15BrCl2NO5S2-. The first kappa shape index (κ1) is 23.3. The lowest BCUT2D eigenvalue weighted by molar-refractivity contribution is 0.103. The zero-order valence-corrected chi connectivity index (χ0v) is 19.3. The van der Waals surface area contributed by atoms with Crippen LogP contribution in [0, 0.1) is 0 Å². The SMILES string of the molecule is CCS(=O)(=O)CCN(c1cc(Br)c(C(=O)c2ccc(Cl)cc2)cc1Cl)S(=O)[O-]. The van der Waals surface area contributed by atoms with Crippen LogP contribution in [0.15, 0.2) is 40.9 Å². The van der Waals surface area contributed by atoms with Crippen LogP contribution in [0.1, 0.15) is 22.8 Å². The summed E-state index contributed by atoms with van der Waals surface area (Å²) >= 11 is 12.6. The van der Waals surface area contributed by atoms with Gasteiger partial charge in [0.05, 0.1) is 16.5 Å². The van der Waals surface area contributed by atoms with Gasteiger partial charge < -0.3 is 8.86 Å². The molecule has 2 aromatic rings. The minimum Gasteiger partial charge on any atom is -0.755 e. The molecule has 0 spiro atoms. The van der Waals surface area contributed by atoms with E-state index in [-0.39, 0.29) is 40.1 Å². The van der Waals surface area contributed by atoms with E-state index in [2.05, 4.69) is 15.9 Å². The second kappa shape index (κ2) is 9.69. The highest BCUT2D eigenvalue weighted by atomic mass is 79.9. The van der Waals surface area contributed by atoms with Crippen molar-refractivity contribution >= 4 is 71.7 Å². The number of hydrogen-bond acceptors (Lipinski definition) is 5. The Kier molecular flexibility index (Phi) is 8.06. The number of rotatable bonds is 8. The fourth-order valence-electron chi connectivity index (χ4n) is 2.30. The van der Waals surface area contributed by atoms with Crippen molar-refractivity contribution in [2.45, 2.75) is 6.92 Å². The molecule has 0 saturated carbocycles. The molecule has 0 aliphatic carbocycles. The van der Waals surface area contributed by atoms with Crippen molar-refractivity contribution in [2.75, 3.05) is 22.4 Å². The molecule has 0 aliphatic heterocycles. The third kappa shape index (κ3) is 5.77. The Morgan fingerprint density at radius 1 is 1.21 bits per heavy atom. The van der Waals surface area contributed by atoms with Gasteiger partial charge in [0, 0.05) is 44.2 Å². The van der Waals surface area contributed by atoms with Crippen molar-refractivity contribution in [1.29, 1.82) is 0 Å². The van der Waals surface area contributed by atoms with Crippen molar-refractivity contribution in [3.8, 4) is 0 Å². The van der Waals surface area contributed by atoms with Gasteiger partial charge in [-0.1, -0.05) is 30.1 Å². The lowest BCUT2D eigenvalue weighted by Gasteiger charge is -2.27. The third-order valence-corrected chi connectivity index (χ3v) is 7.52. The summed E-state index contributed by atoms with van der Waals surface area (Å²) in [7, 11) is -3.37.